The molecule has 2 rings (SSSR count). The third kappa shape index (κ3) is 3.50. The maximum atomic E-state index is 12.3. The molecule has 108 valence electrons. The number of anilines is 1. The van der Waals surface area contributed by atoms with Gasteiger partial charge in [-0.15, -0.1) is 0 Å². The van der Waals surface area contributed by atoms with Crippen molar-refractivity contribution in [3.8, 4) is 0 Å². The fraction of sp³-hybridized carbons (Fsp3) is 0.467. The number of nitrogens with one attached hydrogen (secondary N) is 1. The van der Waals surface area contributed by atoms with E-state index in [2.05, 4.69) is 5.32 Å². The van der Waals surface area contributed by atoms with Gasteiger partial charge in [0.1, 0.15) is 0 Å². The van der Waals surface area contributed by atoms with Crippen LogP contribution in [0.4, 0.5) is 10.5 Å². The Morgan fingerprint density at radius 1 is 1.35 bits per heavy atom. The molecule has 0 spiro atoms. The van der Waals surface area contributed by atoms with Gasteiger partial charge in [0.15, 0.2) is 0 Å². The Bertz CT molecular complexity index is 510. The average Bonchev–Trinajstić information content (AvgIpc) is 3.19. The minimum Gasteiger partial charge on any atom is -0.478 e. The number of hydrogen-bond acceptors (Lipinski definition) is 2. The highest BCUT2D eigenvalue weighted by molar-refractivity contribution is 6.00. The van der Waals surface area contributed by atoms with Gasteiger partial charge in [0.2, 0.25) is 0 Å². The number of carboxylic acids is 1. The molecule has 0 aromatic heterocycles. The van der Waals surface area contributed by atoms with Crippen molar-refractivity contribution in [1.29, 1.82) is 0 Å². The molecule has 1 aliphatic rings. The number of aromatic carboxylic acids is 1. The van der Waals surface area contributed by atoms with Crippen molar-refractivity contribution in [2.75, 3.05) is 11.9 Å². The third-order valence-electron chi connectivity index (χ3n) is 3.44. The van der Waals surface area contributed by atoms with E-state index in [1.807, 2.05) is 13.8 Å². The van der Waals surface area contributed by atoms with Gasteiger partial charge in [0.25, 0.3) is 0 Å². The van der Waals surface area contributed by atoms with Crippen molar-refractivity contribution in [3.63, 3.8) is 0 Å². The van der Waals surface area contributed by atoms with E-state index in [1.165, 1.54) is 18.9 Å². The summed E-state index contributed by atoms with van der Waals surface area (Å²) >= 11 is 0. The standard InChI is InChI=1S/C15H20N2O3/c1-10(2)17(9-11-7-8-11)15(20)16-13-6-4-3-5-12(13)14(18)19/h3-6,10-11H,7-9H2,1-2H3,(H,16,20)(H,18,19). The number of rotatable bonds is 5. The van der Waals surface area contributed by atoms with Crippen LogP contribution in [0.3, 0.4) is 0 Å². The normalized spacial score (nSPS) is 14.2. The van der Waals surface area contributed by atoms with Crippen LogP contribution in [0.5, 0.6) is 0 Å². The van der Waals surface area contributed by atoms with Gasteiger partial charge in [-0.3, -0.25) is 0 Å². The molecule has 2 N–H and O–H groups in total. The number of amides is 2. The van der Waals surface area contributed by atoms with Crippen LogP contribution in [-0.4, -0.2) is 34.6 Å². The van der Waals surface area contributed by atoms with Gasteiger partial charge in [0, 0.05) is 12.6 Å². The SMILES string of the molecule is CC(C)N(CC1CC1)C(=O)Nc1ccccc1C(=O)O. The summed E-state index contributed by atoms with van der Waals surface area (Å²) in [6, 6.07) is 6.30. The molecule has 20 heavy (non-hydrogen) atoms. The Morgan fingerprint density at radius 3 is 2.55 bits per heavy atom. The zero-order valence-corrected chi connectivity index (χ0v) is 11.8. The molecule has 1 saturated carbocycles. The highest BCUT2D eigenvalue weighted by Gasteiger charge is 2.28. The molecule has 0 bridgehead atoms. The lowest BCUT2D eigenvalue weighted by Gasteiger charge is -2.27. The Balaban J connectivity index is 2.11. The first-order valence-corrected chi connectivity index (χ1v) is 6.89. The first-order chi connectivity index (χ1) is 9.49. The zero-order chi connectivity index (χ0) is 14.7. The van der Waals surface area contributed by atoms with E-state index in [1.54, 1.807) is 23.1 Å². The topological polar surface area (TPSA) is 69.6 Å². The molecule has 0 atom stereocenters. The second kappa shape index (κ2) is 5.94. The van der Waals surface area contributed by atoms with Crippen LogP contribution in [0.1, 0.15) is 37.0 Å². The van der Waals surface area contributed by atoms with Crippen molar-refractivity contribution in [2.45, 2.75) is 32.7 Å². The van der Waals surface area contributed by atoms with E-state index in [-0.39, 0.29) is 17.6 Å². The third-order valence-corrected chi connectivity index (χ3v) is 3.44. The van der Waals surface area contributed by atoms with Crippen molar-refractivity contribution in [3.05, 3.63) is 29.8 Å². The van der Waals surface area contributed by atoms with Gasteiger partial charge in [0.05, 0.1) is 11.3 Å². The van der Waals surface area contributed by atoms with Crippen LogP contribution in [0.15, 0.2) is 24.3 Å². The minimum absolute atomic E-state index is 0.0904. The molecule has 1 aromatic carbocycles. The molecule has 1 fully saturated rings. The lowest BCUT2D eigenvalue weighted by Crippen LogP contribution is -2.41. The number of hydrogen-bond donors (Lipinski definition) is 2. The summed E-state index contributed by atoms with van der Waals surface area (Å²) in [5, 5.41) is 11.8. The smallest absolute Gasteiger partial charge is 0.337 e. The molecule has 0 aliphatic heterocycles. The van der Waals surface area contributed by atoms with Gasteiger partial charge < -0.3 is 15.3 Å². The first kappa shape index (κ1) is 14.4. The number of benzene rings is 1. The summed E-state index contributed by atoms with van der Waals surface area (Å²) in [5.41, 5.74) is 0.447. The molecule has 1 aliphatic carbocycles. The Kier molecular flexibility index (Phi) is 4.27. The van der Waals surface area contributed by atoms with Crippen molar-refractivity contribution in [1.82, 2.24) is 4.90 Å². The van der Waals surface area contributed by atoms with Crippen molar-refractivity contribution in [2.24, 2.45) is 5.92 Å². The fourth-order valence-corrected chi connectivity index (χ4v) is 2.07. The number of carboxylic acid groups (broad SMARTS) is 1. The molecule has 1 aromatic rings. The van der Waals surface area contributed by atoms with Crippen molar-refractivity contribution < 1.29 is 14.7 Å². The van der Waals surface area contributed by atoms with Crippen LogP contribution in [0.2, 0.25) is 0 Å². The van der Waals surface area contributed by atoms with E-state index >= 15 is 0 Å². The summed E-state index contributed by atoms with van der Waals surface area (Å²) in [5.74, 6) is -0.447. The van der Waals surface area contributed by atoms with Crippen LogP contribution in [-0.2, 0) is 0 Å². The average molecular weight is 276 g/mol. The van der Waals surface area contributed by atoms with E-state index in [4.69, 9.17) is 5.11 Å². The minimum atomic E-state index is -1.04. The number of para-hydroxylation sites is 1. The molecule has 0 unspecified atom stereocenters. The highest BCUT2D eigenvalue weighted by atomic mass is 16.4. The molecule has 5 heteroatoms. The Labute approximate surface area is 118 Å². The van der Waals surface area contributed by atoms with E-state index in [0.29, 0.717) is 11.6 Å². The highest BCUT2D eigenvalue weighted by Crippen LogP contribution is 2.30. The molecular weight excluding hydrogens is 256 g/mol. The quantitative estimate of drug-likeness (QED) is 0.868. The maximum Gasteiger partial charge on any atom is 0.337 e. The summed E-state index contributed by atoms with van der Waals surface area (Å²) in [6.07, 6.45) is 2.34. The van der Waals surface area contributed by atoms with Crippen LogP contribution in [0, 0.1) is 5.92 Å². The van der Waals surface area contributed by atoms with Crippen LogP contribution < -0.4 is 5.32 Å². The second-order valence-corrected chi connectivity index (χ2v) is 5.47. The predicted octanol–water partition coefficient (Wildman–Crippen LogP) is 3.04. The lowest BCUT2D eigenvalue weighted by molar-refractivity contribution is 0.0698. The van der Waals surface area contributed by atoms with Gasteiger partial charge in [-0.1, -0.05) is 12.1 Å². The van der Waals surface area contributed by atoms with Gasteiger partial charge >= 0.3 is 12.0 Å². The summed E-state index contributed by atoms with van der Waals surface area (Å²) in [6.45, 7) is 4.66. The molecule has 0 heterocycles. The van der Waals surface area contributed by atoms with Gasteiger partial charge in [-0.2, -0.15) is 0 Å². The zero-order valence-electron chi connectivity index (χ0n) is 11.8. The summed E-state index contributed by atoms with van der Waals surface area (Å²) in [7, 11) is 0. The largest absolute Gasteiger partial charge is 0.478 e. The first-order valence-electron chi connectivity index (χ1n) is 6.89. The second-order valence-electron chi connectivity index (χ2n) is 5.47. The summed E-state index contributed by atoms with van der Waals surface area (Å²) in [4.78, 5) is 25.2. The van der Waals surface area contributed by atoms with Gasteiger partial charge in [-0.25, -0.2) is 9.59 Å². The lowest BCUT2D eigenvalue weighted by atomic mass is 10.2. The maximum absolute atomic E-state index is 12.3. The van der Waals surface area contributed by atoms with E-state index < -0.39 is 5.97 Å². The van der Waals surface area contributed by atoms with Crippen molar-refractivity contribution >= 4 is 17.7 Å². The fourth-order valence-electron chi connectivity index (χ4n) is 2.07. The van der Waals surface area contributed by atoms with Crippen LogP contribution in [0.25, 0.3) is 0 Å². The Morgan fingerprint density at radius 2 is 2.00 bits per heavy atom. The number of urea groups is 1. The predicted molar refractivity (Wildman–Crippen MR) is 77.0 cm³/mol. The molecule has 5 nitrogen and oxygen atoms in total. The Hall–Kier alpha value is -2.04. The molecule has 2 amide bonds. The molecule has 0 saturated heterocycles. The molecular formula is C15H20N2O3. The summed E-state index contributed by atoms with van der Waals surface area (Å²) < 4.78 is 0. The number of carbonyl (C=O) groups excluding carboxylic acids is 1. The van der Waals surface area contributed by atoms with Gasteiger partial charge in [-0.05, 0) is 44.7 Å². The van der Waals surface area contributed by atoms with Crippen LogP contribution >= 0.6 is 0 Å². The van der Waals surface area contributed by atoms with E-state index in [0.717, 1.165) is 6.54 Å². The van der Waals surface area contributed by atoms with E-state index in [9.17, 15) is 9.59 Å². The monoisotopic (exact) mass is 276 g/mol. The number of carbonyl (C=O) groups is 2. The molecule has 0 radical (unpaired) electrons. The number of nitrogens with zero attached hydrogens (tertiary/aromatic N) is 1.